The van der Waals surface area contributed by atoms with E-state index in [1.165, 1.54) is 0 Å². The van der Waals surface area contributed by atoms with Gasteiger partial charge in [0.25, 0.3) is 0 Å². The van der Waals surface area contributed by atoms with E-state index in [9.17, 15) is 13.6 Å². The van der Waals surface area contributed by atoms with Gasteiger partial charge in [-0.05, 0) is 43.5 Å². The molecule has 2 aliphatic heterocycles. The van der Waals surface area contributed by atoms with Gasteiger partial charge in [0.05, 0.1) is 0 Å². The molecule has 2 aromatic carbocycles. The molecule has 2 N–H and O–H groups in total. The molecule has 6 heteroatoms. The molecular formula is C22H25F2N3O. The molecule has 0 unspecified atom stereocenters. The number of likely N-dealkylation sites (tertiary alicyclic amines) is 1. The van der Waals surface area contributed by atoms with E-state index < -0.39 is 11.6 Å². The molecular weight excluding hydrogens is 360 g/mol. The van der Waals surface area contributed by atoms with Gasteiger partial charge in [-0.3, -0.25) is 9.69 Å². The second kappa shape index (κ2) is 7.87. The number of halogens is 2. The lowest BCUT2D eigenvalue weighted by atomic mass is 9.85. The molecule has 2 aliphatic rings. The van der Waals surface area contributed by atoms with Crippen molar-refractivity contribution in [3.63, 3.8) is 0 Å². The molecule has 2 heterocycles. The SMILES string of the molecule is O=C1C[C@]2(CCCN(Cc3cccc(F)c3F)CC2)Nc2ccccc2CN1. The highest BCUT2D eigenvalue weighted by atomic mass is 19.2. The van der Waals surface area contributed by atoms with E-state index in [1.807, 2.05) is 18.2 Å². The molecule has 0 aliphatic carbocycles. The highest BCUT2D eigenvalue weighted by Gasteiger charge is 2.36. The Bertz CT molecular complexity index is 873. The van der Waals surface area contributed by atoms with Gasteiger partial charge >= 0.3 is 0 Å². The lowest BCUT2D eigenvalue weighted by molar-refractivity contribution is -0.122. The molecule has 1 amide bonds. The summed E-state index contributed by atoms with van der Waals surface area (Å²) < 4.78 is 27.6. The Morgan fingerprint density at radius 3 is 2.79 bits per heavy atom. The van der Waals surface area contributed by atoms with Gasteiger partial charge in [-0.1, -0.05) is 30.3 Å². The van der Waals surface area contributed by atoms with Crippen molar-refractivity contribution in [3.05, 3.63) is 65.2 Å². The van der Waals surface area contributed by atoms with Crippen molar-refractivity contribution in [2.24, 2.45) is 0 Å². The Kier molecular flexibility index (Phi) is 5.31. The second-order valence-electron chi connectivity index (χ2n) is 7.86. The van der Waals surface area contributed by atoms with Crippen molar-refractivity contribution in [1.82, 2.24) is 10.2 Å². The number of carbonyl (C=O) groups is 1. The van der Waals surface area contributed by atoms with Crippen LogP contribution in [-0.4, -0.2) is 29.4 Å². The van der Waals surface area contributed by atoms with E-state index >= 15 is 0 Å². The predicted octanol–water partition coefficient (Wildman–Crippen LogP) is 3.82. The highest BCUT2D eigenvalue weighted by molar-refractivity contribution is 5.79. The van der Waals surface area contributed by atoms with Crippen LogP contribution in [0.25, 0.3) is 0 Å². The monoisotopic (exact) mass is 385 g/mol. The van der Waals surface area contributed by atoms with Crippen LogP contribution in [-0.2, 0) is 17.9 Å². The number of amides is 1. The van der Waals surface area contributed by atoms with Gasteiger partial charge in [0.1, 0.15) is 0 Å². The number of rotatable bonds is 2. The molecule has 0 bridgehead atoms. The third-order valence-corrected chi connectivity index (χ3v) is 5.85. The molecule has 1 spiro atoms. The number of nitrogens with one attached hydrogen (secondary N) is 2. The molecule has 1 fully saturated rings. The number of hydrogen-bond donors (Lipinski definition) is 2. The van der Waals surface area contributed by atoms with Crippen molar-refractivity contribution in [2.75, 3.05) is 18.4 Å². The highest BCUT2D eigenvalue weighted by Crippen LogP contribution is 2.33. The second-order valence-corrected chi connectivity index (χ2v) is 7.86. The zero-order valence-corrected chi connectivity index (χ0v) is 15.8. The quantitative estimate of drug-likeness (QED) is 0.826. The van der Waals surface area contributed by atoms with Crippen molar-refractivity contribution >= 4 is 11.6 Å². The Balaban J connectivity index is 1.52. The summed E-state index contributed by atoms with van der Waals surface area (Å²) in [6, 6.07) is 12.4. The largest absolute Gasteiger partial charge is 0.379 e. The van der Waals surface area contributed by atoms with Gasteiger partial charge in [-0.15, -0.1) is 0 Å². The molecule has 1 atom stereocenters. The van der Waals surface area contributed by atoms with Crippen LogP contribution >= 0.6 is 0 Å². The fourth-order valence-electron chi connectivity index (χ4n) is 4.31. The first-order valence-corrected chi connectivity index (χ1v) is 9.83. The number of hydrogen-bond acceptors (Lipinski definition) is 3. The molecule has 4 nitrogen and oxygen atoms in total. The van der Waals surface area contributed by atoms with Gasteiger partial charge in [-0.25, -0.2) is 8.78 Å². The van der Waals surface area contributed by atoms with Crippen molar-refractivity contribution in [3.8, 4) is 0 Å². The lowest BCUT2D eigenvalue weighted by Crippen LogP contribution is -2.46. The normalized spacial score (nSPS) is 23.1. The van der Waals surface area contributed by atoms with Crippen LogP contribution in [0.4, 0.5) is 14.5 Å². The summed E-state index contributed by atoms with van der Waals surface area (Å²) in [4.78, 5) is 14.6. The summed E-state index contributed by atoms with van der Waals surface area (Å²) in [5.74, 6) is -1.52. The summed E-state index contributed by atoms with van der Waals surface area (Å²) in [6.45, 7) is 2.42. The molecule has 0 saturated carbocycles. The first kappa shape index (κ1) is 18.9. The maximum atomic E-state index is 14.1. The van der Waals surface area contributed by atoms with Gasteiger partial charge in [0.2, 0.25) is 5.91 Å². The maximum absolute atomic E-state index is 14.1. The first-order chi connectivity index (χ1) is 13.5. The van der Waals surface area contributed by atoms with Crippen LogP contribution in [0.1, 0.15) is 36.8 Å². The van der Waals surface area contributed by atoms with E-state index in [2.05, 4.69) is 21.6 Å². The zero-order valence-electron chi connectivity index (χ0n) is 15.8. The third-order valence-electron chi connectivity index (χ3n) is 5.85. The zero-order chi connectivity index (χ0) is 19.6. The number of benzene rings is 2. The van der Waals surface area contributed by atoms with Crippen LogP contribution in [0.15, 0.2) is 42.5 Å². The van der Waals surface area contributed by atoms with E-state index in [0.29, 0.717) is 25.1 Å². The van der Waals surface area contributed by atoms with E-state index in [0.717, 1.165) is 49.7 Å². The van der Waals surface area contributed by atoms with Crippen LogP contribution in [0.2, 0.25) is 0 Å². The van der Waals surface area contributed by atoms with Crippen molar-refractivity contribution in [2.45, 2.75) is 44.3 Å². The minimum atomic E-state index is -0.807. The average Bonchev–Trinajstić information content (AvgIpc) is 2.86. The van der Waals surface area contributed by atoms with Crippen LogP contribution < -0.4 is 10.6 Å². The summed E-state index contributed by atoms with van der Waals surface area (Å²) in [5, 5.41) is 6.68. The van der Waals surface area contributed by atoms with Gasteiger partial charge < -0.3 is 10.6 Å². The summed E-state index contributed by atoms with van der Waals surface area (Å²) in [5.41, 5.74) is 2.20. The Hall–Kier alpha value is -2.47. The first-order valence-electron chi connectivity index (χ1n) is 9.83. The summed E-state index contributed by atoms with van der Waals surface area (Å²) in [7, 11) is 0. The summed E-state index contributed by atoms with van der Waals surface area (Å²) in [6.07, 6.45) is 2.94. The van der Waals surface area contributed by atoms with Gasteiger partial charge in [0.15, 0.2) is 11.6 Å². The fourth-order valence-corrected chi connectivity index (χ4v) is 4.31. The van der Waals surface area contributed by atoms with E-state index in [1.54, 1.807) is 12.1 Å². The number of para-hydroxylation sites is 1. The number of nitrogens with zero attached hydrogens (tertiary/aromatic N) is 1. The molecule has 4 rings (SSSR count). The third kappa shape index (κ3) is 4.02. The predicted molar refractivity (Wildman–Crippen MR) is 105 cm³/mol. The van der Waals surface area contributed by atoms with Crippen LogP contribution in [0.5, 0.6) is 0 Å². The standard InChI is InChI=1S/C22H25F2N3O/c23-18-7-3-6-17(21(18)24)15-27-11-4-9-22(10-12-27)13-20(28)25-14-16-5-1-2-8-19(16)26-22/h1-3,5-8,26H,4,9-15H2,(H,25,28)/t22-/m1/s1. The Labute approximate surface area is 163 Å². The van der Waals surface area contributed by atoms with E-state index in [4.69, 9.17) is 0 Å². The Morgan fingerprint density at radius 2 is 1.89 bits per heavy atom. The van der Waals surface area contributed by atoms with Crippen molar-refractivity contribution < 1.29 is 13.6 Å². The van der Waals surface area contributed by atoms with Crippen LogP contribution in [0, 0.1) is 11.6 Å². The molecule has 0 aromatic heterocycles. The lowest BCUT2D eigenvalue weighted by Gasteiger charge is -2.37. The van der Waals surface area contributed by atoms with Crippen molar-refractivity contribution in [1.29, 1.82) is 0 Å². The number of fused-ring (bicyclic) bond motifs is 1. The average molecular weight is 385 g/mol. The molecule has 2 aromatic rings. The summed E-state index contributed by atoms with van der Waals surface area (Å²) >= 11 is 0. The minimum Gasteiger partial charge on any atom is -0.379 e. The molecule has 28 heavy (non-hydrogen) atoms. The fraction of sp³-hybridized carbons (Fsp3) is 0.409. The molecule has 0 radical (unpaired) electrons. The Morgan fingerprint density at radius 1 is 1.04 bits per heavy atom. The number of carbonyl (C=O) groups excluding carboxylic acids is 1. The van der Waals surface area contributed by atoms with Gasteiger partial charge in [-0.2, -0.15) is 0 Å². The van der Waals surface area contributed by atoms with Gasteiger partial charge in [0, 0.05) is 42.8 Å². The number of anilines is 1. The minimum absolute atomic E-state index is 0.0478. The topological polar surface area (TPSA) is 44.4 Å². The molecule has 1 saturated heterocycles. The molecule has 148 valence electrons. The smallest absolute Gasteiger partial charge is 0.222 e. The maximum Gasteiger partial charge on any atom is 0.222 e. The van der Waals surface area contributed by atoms with Crippen LogP contribution in [0.3, 0.4) is 0 Å². The van der Waals surface area contributed by atoms with E-state index in [-0.39, 0.29) is 11.4 Å².